The zero-order chi connectivity index (χ0) is 22.4. The highest BCUT2D eigenvalue weighted by Crippen LogP contribution is 2.46. The predicted octanol–water partition coefficient (Wildman–Crippen LogP) is 5.01. The highest BCUT2D eigenvalue weighted by molar-refractivity contribution is 5.48. The molecule has 2 rings (SSSR count). The van der Waals surface area contributed by atoms with Crippen molar-refractivity contribution in [3.63, 3.8) is 0 Å². The number of aliphatic hydroxyl groups excluding tert-OH is 1. The van der Waals surface area contributed by atoms with Gasteiger partial charge in [0.25, 0.3) is 0 Å². The Kier molecular flexibility index (Phi) is 9.20. The van der Waals surface area contributed by atoms with Crippen molar-refractivity contribution in [2.75, 3.05) is 6.54 Å². The number of aliphatic hydroxyl groups is 1. The van der Waals surface area contributed by atoms with Gasteiger partial charge in [-0.05, 0) is 66.2 Å². The van der Waals surface area contributed by atoms with Gasteiger partial charge in [0.05, 0.1) is 12.2 Å². The van der Waals surface area contributed by atoms with Crippen molar-refractivity contribution in [3.05, 3.63) is 0 Å². The van der Waals surface area contributed by atoms with Crippen molar-refractivity contribution < 1.29 is 14.6 Å². The number of rotatable bonds is 13. The number of hydrogen-bond donors (Lipinski definition) is 2. The van der Waals surface area contributed by atoms with Crippen molar-refractivity contribution in [2.45, 2.75) is 141 Å². The van der Waals surface area contributed by atoms with E-state index in [1.807, 2.05) is 6.92 Å². The number of ether oxygens (including phenoxy) is 1. The lowest BCUT2D eigenvalue weighted by molar-refractivity contribution is -0.214. The summed E-state index contributed by atoms with van der Waals surface area (Å²) in [6.07, 6.45) is 13.5. The molecular formula is C25H48N2O3. The molecule has 0 spiro atoms. The molecule has 1 saturated carbocycles. The second-order valence-corrected chi connectivity index (χ2v) is 11.3. The zero-order valence-electron chi connectivity index (χ0n) is 20.5. The summed E-state index contributed by atoms with van der Waals surface area (Å²) < 4.78 is 6.64. The maximum atomic E-state index is 11.3. The van der Waals surface area contributed by atoms with Gasteiger partial charge in [0.1, 0.15) is 5.72 Å². The van der Waals surface area contributed by atoms with E-state index in [-0.39, 0.29) is 23.3 Å². The van der Waals surface area contributed by atoms with E-state index in [1.165, 1.54) is 44.9 Å². The summed E-state index contributed by atoms with van der Waals surface area (Å²) in [5, 5.41) is 13.0. The second kappa shape index (κ2) is 10.8. The first kappa shape index (κ1) is 25.6. The molecule has 2 fully saturated rings. The first-order chi connectivity index (χ1) is 14.0. The number of nitrogens with one attached hydrogen (secondary N) is 1. The molecule has 30 heavy (non-hydrogen) atoms. The van der Waals surface area contributed by atoms with Crippen LogP contribution >= 0.6 is 0 Å². The van der Waals surface area contributed by atoms with Crippen molar-refractivity contribution >= 4 is 6.41 Å². The average molecular weight is 425 g/mol. The van der Waals surface area contributed by atoms with E-state index in [9.17, 15) is 9.90 Å². The number of carbonyl (C=O) groups excluding carboxylic acids is 1. The van der Waals surface area contributed by atoms with Crippen LogP contribution in [0.15, 0.2) is 0 Å². The topological polar surface area (TPSA) is 61.8 Å². The number of amides is 1. The molecular weight excluding hydrogens is 376 g/mol. The molecule has 1 unspecified atom stereocenters. The lowest BCUT2D eigenvalue weighted by Gasteiger charge is -2.58. The Morgan fingerprint density at radius 3 is 2.13 bits per heavy atom. The van der Waals surface area contributed by atoms with Crippen molar-refractivity contribution in [1.29, 1.82) is 0 Å². The summed E-state index contributed by atoms with van der Waals surface area (Å²) >= 11 is 0. The van der Waals surface area contributed by atoms with Gasteiger partial charge in [-0.2, -0.15) is 0 Å². The lowest BCUT2D eigenvalue weighted by atomic mass is 9.72. The fraction of sp³-hybridized carbons (Fsp3) is 0.960. The number of piperidine rings is 1. The molecule has 5 nitrogen and oxygen atoms in total. The van der Waals surface area contributed by atoms with Gasteiger partial charge in [-0.1, -0.05) is 51.9 Å². The van der Waals surface area contributed by atoms with Gasteiger partial charge >= 0.3 is 0 Å². The largest absolute Gasteiger partial charge is 0.392 e. The Morgan fingerprint density at radius 1 is 1.03 bits per heavy atom. The Morgan fingerprint density at radius 2 is 1.60 bits per heavy atom. The maximum Gasteiger partial charge on any atom is 0.209 e. The first-order valence-corrected chi connectivity index (χ1v) is 12.4. The molecule has 176 valence electrons. The van der Waals surface area contributed by atoms with E-state index in [2.05, 4.69) is 44.8 Å². The van der Waals surface area contributed by atoms with Crippen LogP contribution in [0.5, 0.6) is 0 Å². The highest BCUT2D eigenvalue weighted by Gasteiger charge is 2.51. The molecule has 0 bridgehead atoms. The van der Waals surface area contributed by atoms with Gasteiger partial charge in [-0.3, -0.25) is 9.69 Å². The minimum atomic E-state index is -0.474. The fourth-order valence-electron chi connectivity index (χ4n) is 6.03. The van der Waals surface area contributed by atoms with Gasteiger partial charge < -0.3 is 15.2 Å². The van der Waals surface area contributed by atoms with Crippen LogP contribution in [0.3, 0.4) is 0 Å². The molecule has 0 aromatic heterocycles. The zero-order valence-corrected chi connectivity index (χ0v) is 20.5. The summed E-state index contributed by atoms with van der Waals surface area (Å²) in [5.74, 6) is 0.667. The Labute approximate surface area is 185 Å². The lowest BCUT2D eigenvalue weighted by Crippen LogP contribution is -2.66. The van der Waals surface area contributed by atoms with E-state index < -0.39 is 5.72 Å². The normalized spacial score (nSPS) is 29.9. The Bertz CT molecular complexity index is 508. The van der Waals surface area contributed by atoms with E-state index >= 15 is 0 Å². The van der Waals surface area contributed by atoms with Gasteiger partial charge in [0, 0.05) is 17.6 Å². The standard InChI is InChI=1S/C25H48N2O3/c1-7-8-9-10-11-12-13-21-14-25(15-21,26-19-28)30-22-16-23(3,4)27(18-20(2)29)24(5,6)17-22/h19-22,29H,7-18H2,1-6H3,(H,26,28). The Balaban J connectivity index is 1.88. The molecule has 1 aliphatic carbocycles. The van der Waals surface area contributed by atoms with Crippen LogP contribution in [0, 0.1) is 5.92 Å². The van der Waals surface area contributed by atoms with Crippen molar-refractivity contribution in [3.8, 4) is 0 Å². The van der Waals surface area contributed by atoms with Crippen LogP contribution in [0.25, 0.3) is 0 Å². The first-order valence-electron chi connectivity index (χ1n) is 12.4. The number of likely N-dealkylation sites (tertiary alicyclic amines) is 1. The number of unbranched alkanes of at least 4 members (excludes halogenated alkanes) is 5. The molecule has 1 saturated heterocycles. The molecule has 2 N–H and O–H groups in total. The molecule has 2 aliphatic rings. The number of nitrogens with zero attached hydrogens (tertiary/aromatic N) is 1. The minimum Gasteiger partial charge on any atom is -0.392 e. The fourth-order valence-corrected chi connectivity index (χ4v) is 6.03. The van der Waals surface area contributed by atoms with Crippen molar-refractivity contribution in [2.24, 2.45) is 5.92 Å². The molecule has 0 radical (unpaired) electrons. The van der Waals surface area contributed by atoms with Gasteiger partial charge in [0.2, 0.25) is 6.41 Å². The highest BCUT2D eigenvalue weighted by atomic mass is 16.5. The predicted molar refractivity (Wildman–Crippen MR) is 123 cm³/mol. The summed E-state index contributed by atoms with van der Waals surface area (Å²) in [6, 6.07) is 0. The second-order valence-electron chi connectivity index (χ2n) is 11.3. The monoisotopic (exact) mass is 424 g/mol. The van der Waals surface area contributed by atoms with Crippen LogP contribution in [0.2, 0.25) is 0 Å². The smallest absolute Gasteiger partial charge is 0.209 e. The molecule has 0 aromatic rings. The van der Waals surface area contributed by atoms with Crippen LogP contribution in [-0.2, 0) is 9.53 Å². The molecule has 1 aliphatic heterocycles. The SMILES string of the molecule is CCCCCCCCC1CC(NC=O)(OC2CC(C)(C)N(CC(C)O)C(C)(C)C2)C1. The van der Waals surface area contributed by atoms with E-state index in [0.29, 0.717) is 12.5 Å². The van der Waals surface area contributed by atoms with Crippen molar-refractivity contribution in [1.82, 2.24) is 10.2 Å². The number of β-amino-alcohol motifs (C(OH)–C–C–N with tert-alkyl or cyclic N) is 1. The van der Waals surface area contributed by atoms with Gasteiger partial charge in [0.15, 0.2) is 0 Å². The summed E-state index contributed by atoms with van der Waals surface area (Å²) in [5.41, 5.74) is -0.598. The third kappa shape index (κ3) is 6.93. The summed E-state index contributed by atoms with van der Waals surface area (Å²) in [7, 11) is 0. The van der Waals surface area contributed by atoms with Crippen LogP contribution < -0.4 is 5.32 Å². The molecule has 1 amide bonds. The third-order valence-corrected chi connectivity index (χ3v) is 7.28. The van der Waals surface area contributed by atoms with E-state index in [0.717, 1.165) is 32.1 Å². The third-order valence-electron chi connectivity index (χ3n) is 7.28. The summed E-state index contributed by atoms with van der Waals surface area (Å²) in [4.78, 5) is 13.7. The van der Waals surface area contributed by atoms with E-state index in [1.54, 1.807) is 0 Å². The van der Waals surface area contributed by atoms with Gasteiger partial charge in [-0.25, -0.2) is 0 Å². The van der Waals surface area contributed by atoms with Crippen LogP contribution in [-0.4, -0.2) is 52.0 Å². The van der Waals surface area contributed by atoms with Gasteiger partial charge in [-0.15, -0.1) is 0 Å². The maximum absolute atomic E-state index is 11.3. The molecule has 1 atom stereocenters. The number of carbonyl (C=O) groups is 1. The van der Waals surface area contributed by atoms with Crippen LogP contribution in [0.4, 0.5) is 0 Å². The quantitative estimate of drug-likeness (QED) is 0.248. The minimum absolute atomic E-state index is 0.0621. The molecule has 0 aromatic carbocycles. The average Bonchev–Trinajstić information content (AvgIpc) is 2.58. The number of hydrogen-bond acceptors (Lipinski definition) is 4. The Hall–Kier alpha value is -0.650. The molecule has 1 heterocycles. The van der Waals surface area contributed by atoms with E-state index in [4.69, 9.17) is 4.74 Å². The summed E-state index contributed by atoms with van der Waals surface area (Å²) in [6.45, 7) is 13.8. The van der Waals surface area contributed by atoms with Crippen LogP contribution in [0.1, 0.15) is 112 Å². The molecule has 5 heteroatoms.